The zero-order valence-corrected chi connectivity index (χ0v) is 19.9. The Labute approximate surface area is 198 Å². The van der Waals surface area contributed by atoms with E-state index in [1.54, 1.807) is 31.1 Å². The molecule has 0 saturated carbocycles. The van der Waals surface area contributed by atoms with Crippen molar-refractivity contribution in [2.75, 3.05) is 34.4 Å². The van der Waals surface area contributed by atoms with Crippen LogP contribution in [0.25, 0.3) is 10.9 Å². The Morgan fingerprint density at radius 3 is 2.38 bits per heavy atom. The molecule has 2 aromatic carbocycles. The van der Waals surface area contributed by atoms with Gasteiger partial charge in [-0.15, -0.1) is 0 Å². The Hall–Kier alpha value is -3.68. The highest BCUT2D eigenvalue weighted by atomic mass is 16.5. The van der Waals surface area contributed by atoms with Gasteiger partial charge in [-0.05, 0) is 35.7 Å². The predicted octanol–water partition coefficient (Wildman–Crippen LogP) is 3.29. The molecule has 0 spiro atoms. The molecule has 1 fully saturated rings. The fourth-order valence-corrected chi connectivity index (χ4v) is 5.39. The molecule has 34 heavy (non-hydrogen) atoms. The summed E-state index contributed by atoms with van der Waals surface area (Å²) in [7, 11) is 4.69. The number of hydrogen-bond donors (Lipinski definition) is 1. The summed E-state index contributed by atoms with van der Waals surface area (Å²) in [4.78, 5) is 34.0. The van der Waals surface area contributed by atoms with Gasteiger partial charge in [0.1, 0.15) is 6.04 Å². The van der Waals surface area contributed by atoms with Crippen molar-refractivity contribution in [1.29, 1.82) is 0 Å². The highest BCUT2D eigenvalue weighted by Gasteiger charge is 2.48. The predicted molar refractivity (Wildman–Crippen MR) is 127 cm³/mol. The summed E-state index contributed by atoms with van der Waals surface area (Å²) in [5.74, 6) is 1.41. The number of benzene rings is 2. The van der Waals surface area contributed by atoms with Crippen LogP contribution in [-0.4, -0.2) is 67.1 Å². The normalized spacial score (nSPS) is 19.8. The zero-order valence-electron chi connectivity index (χ0n) is 19.9. The number of H-pyrrole nitrogens is 1. The maximum atomic E-state index is 13.5. The minimum atomic E-state index is -0.566. The van der Waals surface area contributed by atoms with Crippen molar-refractivity contribution in [3.8, 4) is 17.2 Å². The lowest BCUT2D eigenvalue weighted by Crippen LogP contribution is -2.63. The summed E-state index contributed by atoms with van der Waals surface area (Å²) in [5, 5.41) is 1.07. The van der Waals surface area contributed by atoms with Crippen molar-refractivity contribution in [3.63, 3.8) is 0 Å². The first-order chi connectivity index (χ1) is 16.5. The monoisotopic (exact) mass is 463 g/mol. The number of carbonyl (C=O) groups is 2. The first kappa shape index (κ1) is 22.1. The fraction of sp³-hybridized carbons (Fsp3) is 0.385. The van der Waals surface area contributed by atoms with E-state index >= 15 is 0 Å². The number of para-hydroxylation sites is 1. The van der Waals surface area contributed by atoms with Crippen LogP contribution in [0.4, 0.5) is 0 Å². The number of amides is 2. The quantitative estimate of drug-likeness (QED) is 0.607. The molecule has 1 saturated heterocycles. The molecule has 3 aromatic rings. The van der Waals surface area contributed by atoms with Gasteiger partial charge in [-0.25, -0.2) is 0 Å². The summed E-state index contributed by atoms with van der Waals surface area (Å²) >= 11 is 0. The van der Waals surface area contributed by atoms with Crippen molar-refractivity contribution in [2.45, 2.75) is 31.8 Å². The van der Waals surface area contributed by atoms with Gasteiger partial charge in [-0.1, -0.05) is 25.1 Å². The maximum Gasteiger partial charge on any atom is 0.246 e. The number of fused-ring (bicyclic) bond motifs is 4. The molecule has 3 heterocycles. The number of methoxy groups -OCH3 is 3. The molecule has 8 nitrogen and oxygen atoms in total. The van der Waals surface area contributed by atoms with Crippen LogP contribution in [0.1, 0.15) is 36.2 Å². The Balaban J connectivity index is 1.74. The number of carbonyl (C=O) groups excluding carboxylic acids is 2. The number of nitrogens with one attached hydrogen (secondary N) is 1. The summed E-state index contributed by atoms with van der Waals surface area (Å²) < 4.78 is 16.7. The third kappa shape index (κ3) is 3.28. The number of piperazine rings is 1. The lowest BCUT2D eigenvalue weighted by Gasteiger charge is -2.47. The van der Waals surface area contributed by atoms with Gasteiger partial charge in [0.15, 0.2) is 11.5 Å². The molecule has 178 valence electrons. The lowest BCUT2D eigenvalue weighted by atomic mass is 9.86. The fourth-order valence-electron chi connectivity index (χ4n) is 5.39. The lowest BCUT2D eigenvalue weighted by molar-refractivity contribution is -0.158. The van der Waals surface area contributed by atoms with Crippen LogP contribution < -0.4 is 14.2 Å². The summed E-state index contributed by atoms with van der Waals surface area (Å²) in [5.41, 5.74) is 3.75. The van der Waals surface area contributed by atoms with Gasteiger partial charge in [-0.3, -0.25) is 9.59 Å². The molecule has 2 aliphatic heterocycles. The van der Waals surface area contributed by atoms with Gasteiger partial charge < -0.3 is 29.0 Å². The molecule has 0 aliphatic carbocycles. The summed E-state index contributed by atoms with van der Waals surface area (Å²) in [6.07, 6.45) is 1.28. The van der Waals surface area contributed by atoms with Crippen LogP contribution in [0, 0.1) is 0 Å². The van der Waals surface area contributed by atoms with Crippen molar-refractivity contribution in [2.24, 2.45) is 0 Å². The van der Waals surface area contributed by atoms with Crippen LogP contribution in [0.2, 0.25) is 0 Å². The van der Waals surface area contributed by atoms with Crippen molar-refractivity contribution in [1.82, 2.24) is 14.8 Å². The van der Waals surface area contributed by atoms with Crippen LogP contribution in [0.3, 0.4) is 0 Å². The molecule has 8 heteroatoms. The molecule has 2 atom stereocenters. The van der Waals surface area contributed by atoms with Crippen molar-refractivity contribution in [3.05, 3.63) is 53.2 Å². The Morgan fingerprint density at radius 1 is 1.03 bits per heavy atom. The number of hydrogen-bond acceptors (Lipinski definition) is 5. The number of aromatic amines is 1. The Kier molecular flexibility index (Phi) is 5.59. The van der Waals surface area contributed by atoms with Crippen LogP contribution in [-0.2, 0) is 16.0 Å². The first-order valence-corrected chi connectivity index (χ1v) is 11.5. The van der Waals surface area contributed by atoms with Crippen LogP contribution in [0.5, 0.6) is 17.2 Å². The van der Waals surface area contributed by atoms with E-state index < -0.39 is 12.1 Å². The molecular formula is C26H29N3O5. The highest BCUT2D eigenvalue weighted by Crippen LogP contribution is 2.46. The van der Waals surface area contributed by atoms with E-state index in [-0.39, 0.29) is 18.4 Å². The second-order valence-corrected chi connectivity index (χ2v) is 8.70. The van der Waals surface area contributed by atoms with E-state index in [4.69, 9.17) is 14.2 Å². The molecule has 0 radical (unpaired) electrons. The third-order valence-electron chi connectivity index (χ3n) is 6.84. The number of nitrogens with zero attached hydrogens (tertiary/aromatic N) is 2. The smallest absolute Gasteiger partial charge is 0.246 e. The van der Waals surface area contributed by atoms with Crippen LogP contribution in [0.15, 0.2) is 36.4 Å². The van der Waals surface area contributed by atoms with E-state index in [0.717, 1.165) is 34.1 Å². The van der Waals surface area contributed by atoms with Gasteiger partial charge in [0.2, 0.25) is 17.6 Å². The minimum absolute atomic E-state index is 0.00479. The molecule has 5 rings (SSSR count). The topological polar surface area (TPSA) is 84.1 Å². The molecule has 2 aliphatic rings. The molecule has 2 amide bonds. The van der Waals surface area contributed by atoms with Crippen LogP contribution >= 0.6 is 0 Å². The first-order valence-electron chi connectivity index (χ1n) is 11.5. The van der Waals surface area contributed by atoms with E-state index in [0.29, 0.717) is 30.2 Å². The highest BCUT2D eigenvalue weighted by molar-refractivity contribution is 5.97. The largest absolute Gasteiger partial charge is 0.493 e. The Bertz CT molecular complexity index is 1240. The van der Waals surface area contributed by atoms with E-state index in [1.165, 1.54) is 0 Å². The number of ether oxygens (including phenoxy) is 3. The van der Waals surface area contributed by atoms with Gasteiger partial charge >= 0.3 is 0 Å². The van der Waals surface area contributed by atoms with E-state index in [2.05, 4.69) is 11.1 Å². The maximum absolute atomic E-state index is 13.5. The second kappa shape index (κ2) is 8.59. The van der Waals surface area contributed by atoms with Gasteiger partial charge in [0.25, 0.3) is 0 Å². The standard InChI is InChI=1S/C26H29N3O5/c1-5-10-28-14-22(30)29-19(26(28)31)13-17-16-8-6-7-9-18(16)27-23(17)24(29)15-11-20(32-2)25(34-4)21(12-15)33-3/h6-9,11-12,19,24,27H,5,10,13-14H2,1-4H3/t19-,24?/m0/s1. The molecule has 1 unspecified atom stereocenters. The van der Waals surface area contributed by atoms with Crippen molar-refractivity contribution < 1.29 is 23.8 Å². The summed E-state index contributed by atoms with van der Waals surface area (Å²) in [6.45, 7) is 2.67. The van der Waals surface area contributed by atoms with E-state index in [9.17, 15) is 9.59 Å². The second-order valence-electron chi connectivity index (χ2n) is 8.70. The molecular weight excluding hydrogens is 434 g/mol. The van der Waals surface area contributed by atoms with Crippen molar-refractivity contribution >= 4 is 22.7 Å². The number of rotatable bonds is 6. The third-order valence-corrected chi connectivity index (χ3v) is 6.84. The molecule has 0 bridgehead atoms. The zero-order chi connectivity index (χ0) is 24.0. The Morgan fingerprint density at radius 2 is 1.74 bits per heavy atom. The molecule has 1 N–H and O–H groups in total. The number of aromatic nitrogens is 1. The average molecular weight is 464 g/mol. The van der Waals surface area contributed by atoms with Gasteiger partial charge in [0, 0.05) is 29.6 Å². The van der Waals surface area contributed by atoms with Gasteiger partial charge in [-0.2, -0.15) is 0 Å². The summed E-state index contributed by atoms with van der Waals surface area (Å²) in [6, 6.07) is 10.7. The SMILES string of the molecule is CCCN1CC(=O)N2C(c3cc(OC)c(OC)c(OC)c3)c3[nH]c4ccccc4c3C[C@H]2C1=O. The van der Waals surface area contributed by atoms with Gasteiger partial charge in [0.05, 0.1) is 33.9 Å². The minimum Gasteiger partial charge on any atom is -0.493 e. The molecule has 1 aromatic heterocycles. The average Bonchev–Trinajstić information content (AvgIpc) is 3.23. The van der Waals surface area contributed by atoms with E-state index in [1.807, 2.05) is 37.3 Å².